The average molecular weight is 693 g/mol. The molecule has 2 atom stereocenters. The molecule has 5 nitrogen and oxygen atoms in total. The molecule has 5 aromatic rings. The number of nitrogens with zero attached hydrogens (tertiary/aromatic N) is 5. The Morgan fingerprint density at radius 1 is 0.667 bits per heavy atom. The number of rotatable bonds is 3. The van der Waals surface area contributed by atoms with E-state index in [1.54, 1.807) is 4.81 Å². The molecule has 1 fully saturated rings. The highest BCUT2D eigenvalue weighted by atomic mass is 79.9. The average Bonchev–Trinajstić information content (AvgIpc) is 3.47. The van der Waals surface area contributed by atoms with Crippen LogP contribution in [0.3, 0.4) is 0 Å². The monoisotopic (exact) mass is 691 g/mol. The molecule has 0 amide bonds. The number of anilines is 2. The zero-order chi connectivity index (χ0) is 28.6. The van der Waals surface area contributed by atoms with Gasteiger partial charge in [-0.3, -0.25) is 0 Å². The van der Waals surface area contributed by atoms with Crippen LogP contribution in [-0.2, 0) is 11.3 Å². The highest BCUT2D eigenvalue weighted by molar-refractivity contribution is 9.10. The Kier molecular flexibility index (Phi) is 5.74. The van der Waals surface area contributed by atoms with Crippen molar-refractivity contribution in [3.05, 3.63) is 152 Å². The minimum atomic E-state index is -1.04. The Morgan fingerprint density at radius 3 is 1.86 bits per heavy atom. The summed E-state index contributed by atoms with van der Waals surface area (Å²) in [5.41, 5.74) is 11.8. The van der Waals surface area contributed by atoms with E-state index in [0.717, 1.165) is 48.3 Å². The largest absolute Gasteiger partial charge is 0.300 e. The summed E-state index contributed by atoms with van der Waals surface area (Å²) < 4.78 is 1.99. The number of thiocarbonyl (C=S) groups is 1. The van der Waals surface area contributed by atoms with Gasteiger partial charge in [-0.25, -0.2) is 0 Å². The Hall–Kier alpha value is -3.85. The summed E-state index contributed by atoms with van der Waals surface area (Å²) >= 11 is 13.7. The first-order valence-electron chi connectivity index (χ1n) is 13.6. The third-order valence-corrected chi connectivity index (χ3v) is 9.75. The molecule has 0 radical (unpaired) electrons. The van der Waals surface area contributed by atoms with Gasteiger partial charge in [0.1, 0.15) is 0 Å². The lowest BCUT2D eigenvalue weighted by Crippen LogP contribution is -2.55. The first-order valence-corrected chi connectivity index (χ1v) is 15.6. The lowest BCUT2D eigenvalue weighted by Gasteiger charge is -2.50. The number of aryl methyl sites for hydroxylation is 1. The van der Waals surface area contributed by atoms with Gasteiger partial charge >= 0.3 is 0 Å². The SMILES string of the molecule is Cc1ccc(N2C(=S)N(c3ccc(Br)cc3)[C@]34N=[N+](c5ccc(Br)cc5)[N-][C@]23c2ccccc2-c2ccccc24)cc1. The fraction of sp³-hybridized carbons (Fsp3) is 0.0882. The number of hydrogen-bond acceptors (Lipinski definition) is 2. The molecule has 204 valence electrons. The van der Waals surface area contributed by atoms with Gasteiger partial charge in [-0.05, 0) is 89.9 Å². The van der Waals surface area contributed by atoms with E-state index in [0.29, 0.717) is 5.11 Å². The first-order chi connectivity index (χ1) is 20.4. The van der Waals surface area contributed by atoms with Gasteiger partial charge < -0.3 is 9.80 Å². The number of halogens is 2. The van der Waals surface area contributed by atoms with E-state index in [4.69, 9.17) is 22.8 Å². The molecule has 0 saturated carbocycles. The fourth-order valence-electron chi connectivity index (χ4n) is 6.55. The molecule has 0 spiro atoms. The van der Waals surface area contributed by atoms with Crippen molar-refractivity contribution in [3.8, 4) is 11.1 Å². The van der Waals surface area contributed by atoms with Gasteiger partial charge in [-0.1, -0.05) is 98.1 Å². The van der Waals surface area contributed by atoms with Crippen molar-refractivity contribution in [1.29, 1.82) is 0 Å². The van der Waals surface area contributed by atoms with E-state index in [1.807, 2.05) is 36.4 Å². The molecule has 1 aliphatic carbocycles. The minimum absolute atomic E-state index is 0.635. The second kappa shape index (κ2) is 9.33. The standard InChI is InChI=1S/C34H23Br2N5S/c1-22-10-16-25(17-11-22)39-32(42)40(26-18-12-23(35)13-19-26)34-31-9-5-3-7-29(31)28-6-2-4-8-30(28)33(34,39)37-41(38-34)27-20-14-24(36)15-21-27/h2-21H,1H3/t33-,34+/m1/s1. The molecule has 2 heterocycles. The van der Waals surface area contributed by atoms with E-state index in [9.17, 15) is 0 Å². The summed E-state index contributed by atoms with van der Waals surface area (Å²) in [6, 6.07) is 42.0. The Labute approximate surface area is 266 Å². The van der Waals surface area contributed by atoms with Crippen molar-refractivity contribution in [2.75, 3.05) is 9.80 Å². The molecule has 0 aromatic heterocycles. The number of fused-ring (bicyclic) bond motifs is 3. The number of benzene rings is 5. The molecule has 1 saturated heterocycles. The molecule has 0 N–H and O–H groups in total. The van der Waals surface area contributed by atoms with Crippen LogP contribution in [0.2, 0.25) is 0 Å². The van der Waals surface area contributed by atoms with Crippen molar-refractivity contribution in [2.24, 2.45) is 5.11 Å². The molecule has 3 aliphatic rings. The zero-order valence-corrected chi connectivity index (χ0v) is 26.4. The van der Waals surface area contributed by atoms with Crippen molar-refractivity contribution in [1.82, 2.24) is 0 Å². The van der Waals surface area contributed by atoms with Crippen LogP contribution in [0.4, 0.5) is 17.1 Å². The maximum atomic E-state index is 6.48. The fourth-order valence-corrected chi connectivity index (χ4v) is 7.55. The van der Waals surface area contributed by atoms with Crippen molar-refractivity contribution in [3.63, 3.8) is 0 Å². The maximum Gasteiger partial charge on any atom is 0.225 e. The molecule has 42 heavy (non-hydrogen) atoms. The van der Waals surface area contributed by atoms with Crippen molar-refractivity contribution >= 4 is 66.3 Å². The normalized spacial score (nSPS) is 21.7. The second-order valence-corrected chi connectivity index (χ2v) is 12.9. The smallest absolute Gasteiger partial charge is 0.225 e. The molecule has 0 unspecified atom stereocenters. The third-order valence-electron chi connectivity index (χ3n) is 8.32. The van der Waals surface area contributed by atoms with E-state index in [1.165, 1.54) is 5.56 Å². The van der Waals surface area contributed by atoms with Crippen LogP contribution in [0.5, 0.6) is 0 Å². The summed E-state index contributed by atoms with van der Waals surface area (Å²) in [5, 5.41) is 6.23. The van der Waals surface area contributed by atoms with E-state index < -0.39 is 11.3 Å². The zero-order valence-electron chi connectivity index (χ0n) is 22.4. The molecule has 8 rings (SSSR count). The van der Waals surface area contributed by atoms with Gasteiger partial charge in [0.25, 0.3) is 0 Å². The second-order valence-electron chi connectivity index (χ2n) is 10.7. The summed E-state index contributed by atoms with van der Waals surface area (Å²) in [6.45, 7) is 2.10. The summed E-state index contributed by atoms with van der Waals surface area (Å²) in [4.78, 5) is 6.22. The highest BCUT2D eigenvalue weighted by Gasteiger charge is 2.72. The predicted octanol–water partition coefficient (Wildman–Crippen LogP) is 9.92. The predicted molar refractivity (Wildman–Crippen MR) is 178 cm³/mol. The molecule has 8 heteroatoms. The van der Waals surface area contributed by atoms with Crippen LogP contribution < -0.4 is 9.80 Å². The number of hydrogen-bond donors (Lipinski definition) is 0. The molecule has 0 bridgehead atoms. The molecule has 5 aromatic carbocycles. The van der Waals surface area contributed by atoms with Crippen molar-refractivity contribution < 1.29 is 4.81 Å². The first kappa shape index (κ1) is 25.8. The van der Waals surface area contributed by atoms with Crippen LogP contribution in [0, 0.1) is 6.92 Å². The van der Waals surface area contributed by atoms with Gasteiger partial charge in [0.05, 0.1) is 0 Å². The van der Waals surface area contributed by atoms with Gasteiger partial charge in [0, 0.05) is 32.5 Å². The number of azo groups is 1. The minimum Gasteiger partial charge on any atom is -0.300 e. The molecular weight excluding hydrogens is 670 g/mol. The van der Waals surface area contributed by atoms with Crippen LogP contribution in [0.15, 0.2) is 135 Å². The Balaban J connectivity index is 1.53. The van der Waals surface area contributed by atoms with E-state index >= 15 is 0 Å². The quantitative estimate of drug-likeness (QED) is 0.140. The maximum absolute atomic E-state index is 6.48. The van der Waals surface area contributed by atoms with Gasteiger partial charge in [-0.2, -0.15) is 10.5 Å². The third kappa shape index (κ3) is 3.37. The lowest BCUT2D eigenvalue weighted by atomic mass is 9.71. The summed E-state index contributed by atoms with van der Waals surface area (Å²) in [6.07, 6.45) is 0. The van der Waals surface area contributed by atoms with Crippen LogP contribution in [0.1, 0.15) is 16.7 Å². The Bertz CT molecular complexity index is 1920. The van der Waals surface area contributed by atoms with Crippen LogP contribution in [-0.4, -0.2) is 9.92 Å². The highest BCUT2D eigenvalue weighted by Crippen LogP contribution is 2.68. The van der Waals surface area contributed by atoms with Crippen LogP contribution >= 0.6 is 44.1 Å². The van der Waals surface area contributed by atoms with Crippen LogP contribution in [0.25, 0.3) is 16.6 Å². The summed E-state index contributed by atoms with van der Waals surface area (Å²) in [5.74, 6) is 0. The topological polar surface area (TPSA) is 36.0 Å². The van der Waals surface area contributed by atoms with Gasteiger partial charge in [0.2, 0.25) is 5.69 Å². The molecule has 2 aliphatic heterocycles. The molecular formula is C34H23Br2N5S. The van der Waals surface area contributed by atoms with Gasteiger partial charge in [0.15, 0.2) is 16.4 Å². The van der Waals surface area contributed by atoms with E-state index in [2.05, 4.69) is 134 Å². The Morgan fingerprint density at radius 2 is 1.19 bits per heavy atom. The van der Waals surface area contributed by atoms with E-state index in [-0.39, 0.29) is 0 Å². The summed E-state index contributed by atoms with van der Waals surface area (Å²) in [7, 11) is 0. The van der Waals surface area contributed by atoms with Crippen molar-refractivity contribution in [2.45, 2.75) is 18.2 Å². The van der Waals surface area contributed by atoms with Gasteiger partial charge in [-0.15, -0.1) is 4.81 Å². The lowest BCUT2D eigenvalue weighted by molar-refractivity contribution is -0.457.